The first kappa shape index (κ1) is 14.9. The van der Waals surface area contributed by atoms with Crippen molar-refractivity contribution in [1.29, 1.82) is 0 Å². The van der Waals surface area contributed by atoms with Crippen LogP contribution in [0.4, 0.5) is 0 Å². The second kappa shape index (κ2) is 6.79. The summed E-state index contributed by atoms with van der Waals surface area (Å²) in [7, 11) is 3.07. The summed E-state index contributed by atoms with van der Waals surface area (Å²) >= 11 is 0. The highest BCUT2D eigenvalue weighted by Gasteiger charge is 2.17. The van der Waals surface area contributed by atoms with Crippen molar-refractivity contribution in [2.45, 2.75) is 12.8 Å². The normalized spacial score (nSPS) is 10.2. The van der Waals surface area contributed by atoms with Crippen molar-refractivity contribution in [3.63, 3.8) is 0 Å². The molecule has 0 saturated heterocycles. The third kappa shape index (κ3) is 3.54. The summed E-state index contributed by atoms with van der Waals surface area (Å²) in [5.74, 6) is 1.23. The van der Waals surface area contributed by atoms with E-state index >= 15 is 0 Å². The molecule has 0 saturated carbocycles. The summed E-state index contributed by atoms with van der Waals surface area (Å²) < 4.78 is 10.5. The Morgan fingerprint density at radius 1 is 1.00 bits per heavy atom. The molecule has 0 amide bonds. The number of phenolic OH excluding ortho intramolecular Hbond substituents is 1. The van der Waals surface area contributed by atoms with Crippen molar-refractivity contribution < 1.29 is 19.4 Å². The van der Waals surface area contributed by atoms with Gasteiger partial charge in [-0.1, -0.05) is 18.2 Å². The molecule has 2 rings (SSSR count). The molecular weight excluding hydrogens is 268 g/mol. The molecule has 0 fully saturated rings. The van der Waals surface area contributed by atoms with Crippen LogP contribution in [0.2, 0.25) is 0 Å². The van der Waals surface area contributed by atoms with Gasteiger partial charge < -0.3 is 14.6 Å². The summed E-state index contributed by atoms with van der Waals surface area (Å²) in [5, 5.41) is 9.25. The molecular formula is C17H18O4. The van der Waals surface area contributed by atoms with Gasteiger partial charge in [0.2, 0.25) is 0 Å². The number of rotatable bonds is 6. The van der Waals surface area contributed by atoms with Crippen LogP contribution in [0.25, 0.3) is 0 Å². The largest absolute Gasteiger partial charge is 0.508 e. The molecule has 0 aliphatic rings. The number of ether oxygens (including phenoxy) is 2. The van der Waals surface area contributed by atoms with Crippen LogP contribution >= 0.6 is 0 Å². The smallest absolute Gasteiger partial charge is 0.170 e. The molecule has 0 aromatic heterocycles. The lowest BCUT2D eigenvalue weighted by Crippen LogP contribution is -2.06. The monoisotopic (exact) mass is 286 g/mol. The van der Waals surface area contributed by atoms with E-state index in [1.165, 1.54) is 14.2 Å². The lowest BCUT2D eigenvalue weighted by atomic mass is 10.0. The van der Waals surface area contributed by atoms with Gasteiger partial charge in [-0.15, -0.1) is 0 Å². The number of Topliss-reactive ketones (excluding diaryl/α,β-unsaturated/α-hetero) is 1. The Balaban J connectivity index is 2.15. The first-order chi connectivity index (χ1) is 10.2. The molecule has 110 valence electrons. The van der Waals surface area contributed by atoms with E-state index in [2.05, 4.69) is 0 Å². The average molecular weight is 286 g/mol. The average Bonchev–Trinajstić information content (AvgIpc) is 2.53. The third-order valence-electron chi connectivity index (χ3n) is 3.28. The molecule has 0 atom stereocenters. The highest BCUT2D eigenvalue weighted by molar-refractivity contribution is 6.01. The van der Waals surface area contributed by atoms with Crippen molar-refractivity contribution in [1.82, 2.24) is 0 Å². The predicted octanol–water partition coefficient (Wildman–Crippen LogP) is 3.22. The minimum Gasteiger partial charge on any atom is -0.508 e. The number of benzene rings is 2. The van der Waals surface area contributed by atoms with Crippen molar-refractivity contribution in [2.75, 3.05) is 14.2 Å². The van der Waals surface area contributed by atoms with E-state index < -0.39 is 0 Å². The van der Waals surface area contributed by atoms with Gasteiger partial charge in [0.05, 0.1) is 14.2 Å². The second-order valence-electron chi connectivity index (χ2n) is 4.63. The standard InChI is InChI=1S/C17H18O4/c1-20-15-4-3-5-16(21-2)17(15)14(19)11-8-12-6-9-13(18)10-7-12/h3-7,9-10,18H,8,11H2,1-2H3. The lowest BCUT2D eigenvalue weighted by molar-refractivity contribution is 0.0976. The topological polar surface area (TPSA) is 55.8 Å². The zero-order valence-electron chi connectivity index (χ0n) is 12.1. The minimum atomic E-state index is -0.0302. The minimum absolute atomic E-state index is 0.0302. The highest BCUT2D eigenvalue weighted by Crippen LogP contribution is 2.29. The molecule has 4 nitrogen and oxygen atoms in total. The molecule has 0 aliphatic carbocycles. The number of aromatic hydroxyl groups is 1. The van der Waals surface area contributed by atoms with Crippen LogP contribution < -0.4 is 9.47 Å². The van der Waals surface area contributed by atoms with E-state index in [4.69, 9.17) is 9.47 Å². The summed E-state index contributed by atoms with van der Waals surface area (Å²) in [6, 6.07) is 12.1. The number of ketones is 1. The van der Waals surface area contributed by atoms with Crippen LogP contribution in [-0.4, -0.2) is 25.1 Å². The maximum Gasteiger partial charge on any atom is 0.170 e. The first-order valence-corrected chi connectivity index (χ1v) is 6.67. The van der Waals surface area contributed by atoms with E-state index in [9.17, 15) is 9.90 Å². The van der Waals surface area contributed by atoms with Gasteiger partial charge in [-0.3, -0.25) is 4.79 Å². The van der Waals surface area contributed by atoms with Gasteiger partial charge in [0.1, 0.15) is 22.8 Å². The van der Waals surface area contributed by atoms with E-state index in [-0.39, 0.29) is 11.5 Å². The Morgan fingerprint density at radius 3 is 2.10 bits per heavy atom. The third-order valence-corrected chi connectivity index (χ3v) is 3.28. The predicted molar refractivity (Wildman–Crippen MR) is 80.3 cm³/mol. The molecule has 0 radical (unpaired) electrons. The first-order valence-electron chi connectivity index (χ1n) is 6.67. The number of hydrogen-bond donors (Lipinski definition) is 1. The fourth-order valence-corrected chi connectivity index (χ4v) is 2.17. The summed E-state index contributed by atoms with van der Waals surface area (Å²) in [4.78, 5) is 12.4. The second-order valence-corrected chi connectivity index (χ2v) is 4.63. The lowest BCUT2D eigenvalue weighted by Gasteiger charge is -2.12. The van der Waals surface area contributed by atoms with Gasteiger partial charge in [-0.2, -0.15) is 0 Å². The molecule has 0 aliphatic heterocycles. The van der Waals surface area contributed by atoms with E-state index in [1.807, 2.05) is 12.1 Å². The van der Waals surface area contributed by atoms with Crippen LogP contribution in [0.5, 0.6) is 17.2 Å². The fourth-order valence-electron chi connectivity index (χ4n) is 2.17. The Labute approximate surface area is 123 Å². The summed E-state index contributed by atoms with van der Waals surface area (Å²) in [6.07, 6.45) is 0.946. The maximum atomic E-state index is 12.4. The van der Waals surface area contributed by atoms with Gasteiger partial charge in [-0.05, 0) is 36.2 Å². The number of carbonyl (C=O) groups excluding carboxylic acids is 1. The van der Waals surface area contributed by atoms with Crippen molar-refractivity contribution in [2.24, 2.45) is 0 Å². The zero-order valence-corrected chi connectivity index (χ0v) is 12.1. The molecule has 0 unspecified atom stereocenters. The Morgan fingerprint density at radius 2 is 1.57 bits per heavy atom. The van der Waals surface area contributed by atoms with Gasteiger partial charge in [-0.25, -0.2) is 0 Å². The molecule has 4 heteroatoms. The SMILES string of the molecule is COc1cccc(OC)c1C(=O)CCc1ccc(O)cc1. The fraction of sp³-hybridized carbons (Fsp3) is 0.235. The molecule has 0 heterocycles. The highest BCUT2D eigenvalue weighted by atomic mass is 16.5. The van der Waals surface area contributed by atoms with Crippen LogP contribution in [0.1, 0.15) is 22.3 Å². The van der Waals surface area contributed by atoms with E-state index in [1.54, 1.807) is 30.3 Å². The van der Waals surface area contributed by atoms with Gasteiger partial charge in [0, 0.05) is 6.42 Å². The van der Waals surface area contributed by atoms with Gasteiger partial charge in [0.25, 0.3) is 0 Å². The Hall–Kier alpha value is -2.49. The summed E-state index contributed by atoms with van der Waals surface area (Å²) in [5.41, 5.74) is 1.47. The van der Waals surface area contributed by atoms with Crippen molar-refractivity contribution in [3.05, 3.63) is 53.6 Å². The van der Waals surface area contributed by atoms with Crippen molar-refractivity contribution in [3.8, 4) is 17.2 Å². The van der Waals surface area contributed by atoms with Crippen LogP contribution in [0.3, 0.4) is 0 Å². The van der Waals surface area contributed by atoms with Crippen LogP contribution in [0, 0.1) is 0 Å². The number of aryl methyl sites for hydroxylation is 1. The summed E-state index contributed by atoms with van der Waals surface area (Å²) in [6.45, 7) is 0. The number of methoxy groups -OCH3 is 2. The van der Waals surface area contributed by atoms with E-state index in [0.29, 0.717) is 29.9 Å². The van der Waals surface area contributed by atoms with Crippen molar-refractivity contribution >= 4 is 5.78 Å². The quantitative estimate of drug-likeness (QED) is 0.828. The molecule has 1 N–H and O–H groups in total. The van der Waals surface area contributed by atoms with Crippen LogP contribution in [0.15, 0.2) is 42.5 Å². The Bertz CT molecular complexity index is 595. The maximum absolute atomic E-state index is 12.4. The van der Waals surface area contributed by atoms with Gasteiger partial charge >= 0.3 is 0 Å². The molecule has 0 spiro atoms. The zero-order chi connectivity index (χ0) is 15.2. The van der Waals surface area contributed by atoms with E-state index in [0.717, 1.165) is 5.56 Å². The molecule has 2 aromatic rings. The number of hydrogen-bond acceptors (Lipinski definition) is 4. The molecule has 0 bridgehead atoms. The van der Waals surface area contributed by atoms with Crippen LogP contribution in [-0.2, 0) is 6.42 Å². The molecule has 21 heavy (non-hydrogen) atoms. The number of phenols is 1. The molecule has 2 aromatic carbocycles. The Kier molecular flexibility index (Phi) is 4.82. The van der Waals surface area contributed by atoms with Gasteiger partial charge in [0.15, 0.2) is 5.78 Å². The number of carbonyl (C=O) groups is 1.